The zero-order valence-corrected chi connectivity index (χ0v) is 9.68. The van der Waals surface area contributed by atoms with Crippen LogP contribution in [0.5, 0.6) is 0 Å². The molecule has 0 fully saturated rings. The zero-order valence-electron chi connectivity index (χ0n) is 8.10. The van der Waals surface area contributed by atoms with Gasteiger partial charge in [0.2, 0.25) is 0 Å². The van der Waals surface area contributed by atoms with E-state index in [0.717, 1.165) is 5.56 Å². The van der Waals surface area contributed by atoms with E-state index < -0.39 is 0 Å². The molecule has 0 aliphatic rings. The molecular weight excluding hydrogens is 228 g/mol. The van der Waals surface area contributed by atoms with Gasteiger partial charge in [0.15, 0.2) is 0 Å². The zero-order chi connectivity index (χ0) is 10.0. The topological polar surface area (TPSA) is 17.1 Å². The minimum absolute atomic E-state index is 0.142. The van der Waals surface area contributed by atoms with Crippen LogP contribution in [0.4, 0.5) is 0 Å². The van der Waals surface area contributed by atoms with E-state index >= 15 is 0 Å². The molecule has 1 aromatic carbocycles. The van der Waals surface area contributed by atoms with Gasteiger partial charge in [-0.2, -0.15) is 0 Å². The number of carbonyl (C=O) groups excluding carboxylic acids is 1. The van der Waals surface area contributed by atoms with Gasteiger partial charge in [0.05, 0.1) is 4.83 Å². The number of alkyl halides is 1. The van der Waals surface area contributed by atoms with Crippen molar-refractivity contribution >= 4 is 21.7 Å². The van der Waals surface area contributed by atoms with Gasteiger partial charge in [-0.3, -0.25) is 4.79 Å². The Labute approximate surface area is 87.3 Å². The molecule has 1 atom stereocenters. The average molecular weight is 241 g/mol. The third-order valence-electron chi connectivity index (χ3n) is 2.18. The molecule has 0 N–H and O–H groups in total. The van der Waals surface area contributed by atoms with Gasteiger partial charge >= 0.3 is 0 Å². The van der Waals surface area contributed by atoms with Crippen LogP contribution in [0.2, 0.25) is 0 Å². The summed E-state index contributed by atoms with van der Waals surface area (Å²) in [6, 6.07) is 6.08. The monoisotopic (exact) mass is 240 g/mol. The molecule has 70 valence electrons. The Morgan fingerprint density at radius 1 is 1.31 bits per heavy atom. The van der Waals surface area contributed by atoms with Crippen molar-refractivity contribution in [2.75, 3.05) is 0 Å². The smallest absolute Gasteiger partial charge is 0.147 e. The fraction of sp³-hybridized carbons (Fsp3) is 0.364. The number of Topliss-reactive ketones (excluding diaryl/α,β-unsaturated/α-hetero) is 1. The molecule has 0 amide bonds. The van der Waals surface area contributed by atoms with Crippen LogP contribution in [0.15, 0.2) is 18.2 Å². The Morgan fingerprint density at radius 3 is 2.38 bits per heavy atom. The summed E-state index contributed by atoms with van der Waals surface area (Å²) in [5.74, 6) is 0.142. The molecule has 0 saturated carbocycles. The fourth-order valence-corrected chi connectivity index (χ4v) is 1.44. The van der Waals surface area contributed by atoms with Crippen LogP contribution in [-0.2, 0) is 4.79 Å². The van der Waals surface area contributed by atoms with Crippen molar-refractivity contribution in [1.82, 2.24) is 0 Å². The third kappa shape index (κ3) is 2.41. The van der Waals surface area contributed by atoms with Crippen molar-refractivity contribution in [2.24, 2.45) is 0 Å². The molecule has 1 nitrogen and oxygen atoms in total. The maximum atomic E-state index is 11.1. The van der Waals surface area contributed by atoms with E-state index in [1.807, 2.05) is 12.1 Å². The van der Waals surface area contributed by atoms with E-state index in [0.29, 0.717) is 0 Å². The summed E-state index contributed by atoms with van der Waals surface area (Å²) >= 11 is 3.36. The first-order chi connectivity index (χ1) is 6.02. The maximum absolute atomic E-state index is 11.1. The summed E-state index contributed by atoms with van der Waals surface area (Å²) in [6.45, 7) is 5.71. The predicted octanol–water partition coefficient (Wildman–Crippen LogP) is 3.33. The van der Waals surface area contributed by atoms with Crippen molar-refractivity contribution in [1.29, 1.82) is 0 Å². The SMILES string of the molecule is CC(=O)C(Br)c1ccc(C)c(C)c1. The lowest BCUT2D eigenvalue weighted by Gasteiger charge is -2.08. The van der Waals surface area contributed by atoms with Gasteiger partial charge in [-0.05, 0) is 37.5 Å². The minimum atomic E-state index is -0.160. The van der Waals surface area contributed by atoms with Gasteiger partial charge in [-0.1, -0.05) is 34.1 Å². The molecule has 0 saturated heterocycles. The standard InChI is InChI=1S/C11H13BrO/c1-7-4-5-10(6-8(7)2)11(12)9(3)13/h4-6,11H,1-3H3. The summed E-state index contributed by atoms with van der Waals surface area (Å²) in [6.07, 6.45) is 0. The summed E-state index contributed by atoms with van der Waals surface area (Å²) in [5, 5.41) is 0. The van der Waals surface area contributed by atoms with Crippen molar-refractivity contribution in [2.45, 2.75) is 25.6 Å². The second kappa shape index (κ2) is 4.05. The second-order valence-electron chi connectivity index (χ2n) is 3.32. The molecule has 0 radical (unpaired) electrons. The lowest BCUT2D eigenvalue weighted by Crippen LogP contribution is -2.01. The first-order valence-corrected chi connectivity index (χ1v) is 5.15. The van der Waals surface area contributed by atoms with Crippen LogP contribution in [0.1, 0.15) is 28.4 Å². The Balaban J connectivity index is 3.03. The number of carbonyl (C=O) groups is 1. The van der Waals surface area contributed by atoms with Crippen LogP contribution < -0.4 is 0 Å². The average Bonchev–Trinajstić information content (AvgIpc) is 2.08. The van der Waals surface area contributed by atoms with Gasteiger partial charge in [0.25, 0.3) is 0 Å². The molecule has 0 spiro atoms. The van der Waals surface area contributed by atoms with E-state index in [-0.39, 0.29) is 10.6 Å². The molecule has 1 rings (SSSR count). The molecule has 0 heterocycles. The summed E-state index contributed by atoms with van der Waals surface area (Å²) in [4.78, 5) is 10.9. The highest BCUT2D eigenvalue weighted by Crippen LogP contribution is 2.25. The van der Waals surface area contributed by atoms with Crippen molar-refractivity contribution in [3.8, 4) is 0 Å². The fourth-order valence-electron chi connectivity index (χ4n) is 1.16. The molecule has 0 aliphatic carbocycles. The Kier molecular flexibility index (Phi) is 3.26. The van der Waals surface area contributed by atoms with E-state index in [9.17, 15) is 4.79 Å². The van der Waals surface area contributed by atoms with Crippen molar-refractivity contribution in [3.63, 3.8) is 0 Å². The molecular formula is C11H13BrO. The van der Waals surface area contributed by atoms with Crippen molar-refractivity contribution < 1.29 is 4.79 Å². The van der Waals surface area contributed by atoms with Crippen molar-refractivity contribution in [3.05, 3.63) is 34.9 Å². The highest BCUT2D eigenvalue weighted by molar-refractivity contribution is 9.09. The number of hydrogen-bond acceptors (Lipinski definition) is 1. The maximum Gasteiger partial charge on any atom is 0.147 e. The number of ketones is 1. The quantitative estimate of drug-likeness (QED) is 0.726. The van der Waals surface area contributed by atoms with E-state index in [1.165, 1.54) is 11.1 Å². The molecule has 13 heavy (non-hydrogen) atoms. The van der Waals surface area contributed by atoms with Gasteiger partial charge < -0.3 is 0 Å². The Morgan fingerprint density at radius 2 is 1.92 bits per heavy atom. The van der Waals surface area contributed by atoms with E-state index in [4.69, 9.17) is 0 Å². The number of rotatable bonds is 2. The highest BCUT2D eigenvalue weighted by Gasteiger charge is 2.12. The minimum Gasteiger partial charge on any atom is -0.298 e. The second-order valence-corrected chi connectivity index (χ2v) is 4.23. The molecule has 1 unspecified atom stereocenters. The summed E-state index contributed by atoms with van der Waals surface area (Å²) in [5.41, 5.74) is 3.52. The van der Waals surface area contributed by atoms with Crippen LogP contribution in [0.3, 0.4) is 0 Å². The number of benzene rings is 1. The molecule has 2 heteroatoms. The Hall–Kier alpha value is -0.630. The number of halogens is 1. The van der Waals surface area contributed by atoms with Crippen LogP contribution >= 0.6 is 15.9 Å². The van der Waals surface area contributed by atoms with Crippen LogP contribution in [0, 0.1) is 13.8 Å². The molecule has 1 aromatic rings. The van der Waals surface area contributed by atoms with Crippen LogP contribution in [0.25, 0.3) is 0 Å². The lowest BCUT2D eigenvalue weighted by molar-refractivity contribution is -0.116. The molecule has 0 aromatic heterocycles. The van der Waals surface area contributed by atoms with Crippen LogP contribution in [-0.4, -0.2) is 5.78 Å². The largest absolute Gasteiger partial charge is 0.298 e. The first-order valence-electron chi connectivity index (χ1n) is 4.24. The van der Waals surface area contributed by atoms with Gasteiger partial charge in [0.1, 0.15) is 5.78 Å². The predicted molar refractivity (Wildman–Crippen MR) is 58.3 cm³/mol. The lowest BCUT2D eigenvalue weighted by atomic mass is 10.0. The molecule has 0 bridgehead atoms. The summed E-state index contributed by atoms with van der Waals surface area (Å²) in [7, 11) is 0. The van der Waals surface area contributed by atoms with Gasteiger partial charge in [-0.15, -0.1) is 0 Å². The van der Waals surface area contributed by atoms with Gasteiger partial charge in [-0.25, -0.2) is 0 Å². The molecule has 0 aliphatic heterocycles. The van der Waals surface area contributed by atoms with E-state index in [1.54, 1.807) is 6.92 Å². The normalized spacial score (nSPS) is 12.6. The first kappa shape index (κ1) is 10.5. The summed E-state index contributed by atoms with van der Waals surface area (Å²) < 4.78 is 0. The number of hydrogen-bond donors (Lipinski definition) is 0. The number of aryl methyl sites for hydroxylation is 2. The highest BCUT2D eigenvalue weighted by atomic mass is 79.9. The third-order valence-corrected chi connectivity index (χ3v) is 3.35. The van der Waals surface area contributed by atoms with Gasteiger partial charge in [0, 0.05) is 0 Å². The Bertz CT molecular complexity index is 331. The van der Waals surface area contributed by atoms with E-state index in [2.05, 4.69) is 35.8 Å².